The highest BCUT2D eigenvalue weighted by atomic mass is 32.1. The van der Waals surface area contributed by atoms with Gasteiger partial charge in [0.1, 0.15) is 11.3 Å². The third-order valence-corrected chi connectivity index (χ3v) is 5.72. The number of ether oxygens (including phenoxy) is 1. The largest absolute Gasteiger partial charge is 0.467 e. The number of hydrogen-bond donors (Lipinski definition) is 2. The summed E-state index contributed by atoms with van der Waals surface area (Å²) in [4.78, 5) is 33.7. The molecule has 2 heterocycles. The first-order valence-electron chi connectivity index (χ1n) is 8.70. The minimum Gasteiger partial charge on any atom is -0.467 e. The number of amides is 2. The number of aromatic nitrogens is 2. The molecule has 0 saturated heterocycles. The molecular formula is C19H18N4O3S. The van der Waals surface area contributed by atoms with E-state index in [-0.39, 0.29) is 12.5 Å². The lowest BCUT2D eigenvalue weighted by molar-refractivity contribution is -0.118. The number of benzene rings is 1. The summed E-state index contributed by atoms with van der Waals surface area (Å²) in [5.74, 6) is -0.525. The van der Waals surface area contributed by atoms with Gasteiger partial charge in [0.25, 0.3) is 11.8 Å². The second-order valence-corrected chi connectivity index (χ2v) is 7.42. The van der Waals surface area contributed by atoms with Crippen molar-refractivity contribution in [1.29, 1.82) is 0 Å². The van der Waals surface area contributed by atoms with Crippen LogP contribution in [-0.4, -0.2) is 28.4 Å². The highest BCUT2D eigenvalue weighted by Gasteiger charge is 2.25. The molecule has 0 fully saturated rings. The van der Waals surface area contributed by atoms with Gasteiger partial charge < -0.3 is 15.8 Å². The Morgan fingerprint density at radius 3 is 2.85 bits per heavy atom. The van der Waals surface area contributed by atoms with Crippen LogP contribution in [0, 0.1) is 0 Å². The quantitative estimate of drug-likeness (QED) is 0.705. The van der Waals surface area contributed by atoms with E-state index in [9.17, 15) is 9.59 Å². The number of hydrogen-bond acceptors (Lipinski definition) is 6. The Bertz CT molecular complexity index is 1030. The van der Waals surface area contributed by atoms with Crippen LogP contribution < -0.4 is 15.8 Å². The number of nitrogens with one attached hydrogen (secondary N) is 1. The number of anilines is 1. The molecule has 1 aliphatic rings. The van der Waals surface area contributed by atoms with Crippen molar-refractivity contribution in [2.75, 3.05) is 11.9 Å². The molecular weight excluding hydrogens is 364 g/mol. The Morgan fingerprint density at radius 1 is 1.19 bits per heavy atom. The van der Waals surface area contributed by atoms with Gasteiger partial charge in [-0.15, -0.1) is 11.3 Å². The van der Waals surface area contributed by atoms with E-state index < -0.39 is 5.91 Å². The van der Waals surface area contributed by atoms with Gasteiger partial charge in [-0.2, -0.15) is 0 Å². The molecule has 4 rings (SSSR count). The molecule has 8 heteroatoms. The summed E-state index contributed by atoms with van der Waals surface area (Å²) in [5.41, 5.74) is 7.72. The van der Waals surface area contributed by atoms with E-state index in [4.69, 9.17) is 10.5 Å². The van der Waals surface area contributed by atoms with Gasteiger partial charge in [-0.1, -0.05) is 12.1 Å². The molecule has 7 nitrogen and oxygen atoms in total. The number of carbonyl (C=O) groups excluding carboxylic acids is 2. The number of nitrogens with zero attached hydrogens (tertiary/aromatic N) is 2. The number of carbonyl (C=O) groups is 2. The normalized spacial score (nSPS) is 13.2. The van der Waals surface area contributed by atoms with Crippen molar-refractivity contribution in [2.24, 2.45) is 5.73 Å². The number of rotatable bonds is 5. The van der Waals surface area contributed by atoms with Crippen LogP contribution in [0.15, 0.2) is 30.6 Å². The summed E-state index contributed by atoms with van der Waals surface area (Å²) in [7, 11) is 0. The van der Waals surface area contributed by atoms with Crippen molar-refractivity contribution in [3.05, 3.63) is 46.6 Å². The third-order valence-electron chi connectivity index (χ3n) is 4.52. The molecule has 27 heavy (non-hydrogen) atoms. The van der Waals surface area contributed by atoms with Crippen molar-refractivity contribution in [1.82, 2.24) is 9.97 Å². The van der Waals surface area contributed by atoms with Crippen LogP contribution in [-0.2, 0) is 17.6 Å². The topological polar surface area (TPSA) is 107 Å². The smallest absolute Gasteiger partial charge is 0.262 e. The monoisotopic (exact) mass is 382 g/mol. The van der Waals surface area contributed by atoms with Crippen LogP contribution >= 0.6 is 11.3 Å². The van der Waals surface area contributed by atoms with Gasteiger partial charge in [-0.25, -0.2) is 9.97 Å². The predicted molar refractivity (Wildman–Crippen MR) is 103 cm³/mol. The highest BCUT2D eigenvalue weighted by Crippen LogP contribution is 2.37. The van der Waals surface area contributed by atoms with Gasteiger partial charge in [-0.3, -0.25) is 9.59 Å². The first-order valence-corrected chi connectivity index (χ1v) is 9.52. The summed E-state index contributed by atoms with van der Waals surface area (Å²) in [5, 5.41) is 4.02. The highest BCUT2D eigenvalue weighted by molar-refractivity contribution is 7.17. The first-order chi connectivity index (χ1) is 13.1. The lowest BCUT2D eigenvalue weighted by Crippen LogP contribution is -2.22. The number of primary amides is 1. The number of thiophene rings is 1. The van der Waals surface area contributed by atoms with E-state index in [2.05, 4.69) is 15.3 Å². The van der Waals surface area contributed by atoms with E-state index in [1.54, 1.807) is 0 Å². The Labute approximate surface area is 159 Å². The number of fused-ring (bicyclic) bond motifs is 2. The summed E-state index contributed by atoms with van der Waals surface area (Å²) in [6, 6.07) is 7.41. The number of aryl methyl sites for hydroxylation is 1. The van der Waals surface area contributed by atoms with Crippen LogP contribution in [0.2, 0.25) is 0 Å². The SMILES string of the molecule is NC(=O)c1c(NC(=O)COc2ncnc3ccccc23)sc2c1CCCC2. The van der Waals surface area contributed by atoms with Gasteiger partial charge in [0.15, 0.2) is 6.61 Å². The first kappa shape index (κ1) is 17.4. The number of para-hydroxylation sites is 1. The zero-order valence-electron chi connectivity index (χ0n) is 14.5. The molecule has 1 aliphatic carbocycles. The Balaban J connectivity index is 1.50. The molecule has 0 aliphatic heterocycles. The second-order valence-electron chi connectivity index (χ2n) is 6.31. The average molecular weight is 382 g/mol. The van der Waals surface area contributed by atoms with Crippen molar-refractivity contribution in [3.63, 3.8) is 0 Å². The minimum atomic E-state index is -0.507. The molecule has 0 unspecified atom stereocenters. The van der Waals surface area contributed by atoms with Gasteiger partial charge in [0.05, 0.1) is 16.5 Å². The average Bonchev–Trinajstić information content (AvgIpc) is 3.04. The van der Waals surface area contributed by atoms with Gasteiger partial charge in [0.2, 0.25) is 5.88 Å². The fourth-order valence-corrected chi connectivity index (χ4v) is 4.62. The van der Waals surface area contributed by atoms with Crippen LogP contribution in [0.4, 0.5) is 5.00 Å². The van der Waals surface area contributed by atoms with E-state index in [1.807, 2.05) is 24.3 Å². The minimum absolute atomic E-state index is 0.220. The molecule has 2 amide bonds. The fraction of sp³-hybridized carbons (Fsp3) is 0.263. The van der Waals surface area contributed by atoms with Crippen molar-refractivity contribution in [2.45, 2.75) is 25.7 Å². The number of nitrogens with two attached hydrogens (primary N) is 1. The zero-order chi connectivity index (χ0) is 18.8. The van der Waals surface area contributed by atoms with Gasteiger partial charge >= 0.3 is 0 Å². The molecule has 0 bridgehead atoms. The van der Waals surface area contributed by atoms with E-state index in [0.29, 0.717) is 16.4 Å². The Hall–Kier alpha value is -3.00. The lowest BCUT2D eigenvalue weighted by Gasteiger charge is -2.11. The lowest BCUT2D eigenvalue weighted by atomic mass is 9.95. The maximum atomic E-state index is 12.4. The summed E-state index contributed by atoms with van der Waals surface area (Å²) in [6.45, 7) is -0.220. The fourth-order valence-electron chi connectivity index (χ4n) is 3.31. The van der Waals surface area contributed by atoms with Gasteiger partial charge in [-0.05, 0) is 43.4 Å². The molecule has 1 aromatic carbocycles. The van der Waals surface area contributed by atoms with Gasteiger partial charge in [0, 0.05) is 4.88 Å². The van der Waals surface area contributed by atoms with Crippen LogP contribution in [0.3, 0.4) is 0 Å². The predicted octanol–water partition coefficient (Wildman–Crippen LogP) is 2.69. The van der Waals surface area contributed by atoms with E-state index >= 15 is 0 Å². The molecule has 0 spiro atoms. The molecule has 138 valence electrons. The molecule has 3 N–H and O–H groups in total. The standard InChI is InChI=1S/C19H18N4O3S/c20-17(25)16-12-6-2-4-8-14(12)27-19(16)23-15(24)9-26-18-11-5-1-3-7-13(11)21-10-22-18/h1,3,5,7,10H,2,4,6,8-9H2,(H2,20,25)(H,23,24). The van der Waals surface area contributed by atoms with Crippen molar-refractivity contribution < 1.29 is 14.3 Å². The zero-order valence-corrected chi connectivity index (χ0v) is 15.3. The van der Waals surface area contributed by atoms with Crippen LogP contribution in [0.25, 0.3) is 10.9 Å². The Morgan fingerprint density at radius 2 is 2.00 bits per heavy atom. The summed E-state index contributed by atoms with van der Waals surface area (Å²) in [6.07, 6.45) is 5.25. The van der Waals surface area contributed by atoms with Crippen LogP contribution in [0.1, 0.15) is 33.6 Å². The maximum Gasteiger partial charge on any atom is 0.262 e. The third kappa shape index (κ3) is 3.48. The summed E-state index contributed by atoms with van der Waals surface area (Å²) >= 11 is 1.43. The summed E-state index contributed by atoms with van der Waals surface area (Å²) < 4.78 is 5.58. The molecule has 0 atom stereocenters. The van der Waals surface area contributed by atoms with E-state index in [1.165, 1.54) is 17.7 Å². The molecule has 0 saturated carbocycles. The van der Waals surface area contributed by atoms with Crippen LogP contribution in [0.5, 0.6) is 5.88 Å². The molecule has 3 aromatic rings. The second kappa shape index (κ2) is 7.32. The van der Waals surface area contributed by atoms with E-state index in [0.717, 1.165) is 47.0 Å². The Kier molecular flexibility index (Phi) is 4.72. The maximum absolute atomic E-state index is 12.4. The molecule has 0 radical (unpaired) electrons. The van der Waals surface area contributed by atoms with Crippen molar-refractivity contribution in [3.8, 4) is 5.88 Å². The van der Waals surface area contributed by atoms with Crippen molar-refractivity contribution >= 4 is 39.1 Å². The molecule has 2 aromatic heterocycles.